The molecule has 1 aliphatic heterocycles. The van der Waals surface area contributed by atoms with Crippen LogP contribution in [0, 0.1) is 11.8 Å². The second-order valence-electron chi connectivity index (χ2n) is 11.4. The van der Waals surface area contributed by atoms with Gasteiger partial charge in [-0.15, -0.1) is 0 Å². The normalized spacial score (nSPS) is 25.6. The van der Waals surface area contributed by atoms with Crippen molar-refractivity contribution in [3.63, 3.8) is 0 Å². The van der Waals surface area contributed by atoms with Gasteiger partial charge in [0.15, 0.2) is 17.4 Å². The van der Waals surface area contributed by atoms with E-state index in [0.29, 0.717) is 40.7 Å². The van der Waals surface area contributed by atoms with Crippen molar-refractivity contribution < 1.29 is 23.9 Å². The number of rotatable bonds is 10. The van der Waals surface area contributed by atoms with Crippen LogP contribution in [0.5, 0.6) is 5.75 Å². The molecule has 3 heterocycles. The van der Waals surface area contributed by atoms with Crippen molar-refractivity contribution in [1.29, 1.82) is 0 Å². The SMILES string of the molecule is CO[C@@H]1CCC[C@@H](CC(=O)[C@@H]2C[C@H]3C[C@H]3N2C(=O)Cn2nc(C(C)=O)c3cc(OCc4ncccn4)ccc32)C1. The number of nitrogens with zero attached hydrogens (tertiary/aromatic N) is 5. The third-order valence-electron chi connectivity index (χ3n) is 8.65. The van der Waals surface area contributed by atoms with Gasteiger partial charge in [-0.1, -0.05) is 6.42 Å². The zero-order chi connectivity index (χ0) is 27.8. The van der Waals surface area contributed by atoms with E-state index in [-0.39, 0.29) is 54.5 Å². The maximum absolute atomic E-state index is 13.7. The van der Waals surface area contributed by atoms with E-state index < -0.39 is 0 Å². The van der Waals surface area contributed by atoms with Gasteiger partial charge in [0.25, 0.3) is 0 Å². The third-order valence-corrected chi connectivity index (χ3v) is 8.65. The number of Topliss-reactive ketones (excluding diaryl/α,β-unsaturated/α-hetero) is 2. The average molecular weight is 546 g/mol. The van der Waals surface area contributed by atoms with E-state index in [1.165, 1.54) is 6.92 Å². The molecule has 0 spiro atoms. The minimum atomic E-state index is -0.367. The van der Waals surface area contributed by atoms with Gasteiger partial charge in [0.05, 0.1) is 17.7 Å². The smallest absolute Gasteiger partial charge is 0.245 e. The van der Waals surface area contributed by atoms with E-state index in [2.05, 4.69) is 15.1 Å². The molecule has 0 bridgehead atoms. The summed E-state index contributed by atoms with van der Waals surface area (Å²) in [5, 5.41) is 5.14. The van der Waals surface area contributed by atoms with Gasteiger partial charge in [-0.3, -0.25) is 19.1 Å². The highest BCUT2D eigenvalue weighted by atomic mass is 16.5. The summed E-state index contributed by atoms with van der Waals surface area (Å²) < 4.78 is 13.0. The van der Waals surface area contributed by atoms with E-state index in [4.69, 9.17) is 9.47 Å². The maximum Gasteiger partial charge on any atom is 0.245 e. The zero-order valence-electron chi connectivity index (χ0n) is 23.0. The van der Waals surface area contributed by atoms with Gasteiger partial charge >= 0.3 is 0 Å². The van der Waals surface area contributed by atoms with Crippen LogP contribution in [-0.2, 0) is 27.5 Å². The van der Waals surface area contributed by atoms with Gasteiger partial charge in [-0.25, -0.2) is 9.97 Å². The van der Waals surface area contributed by atoms with Crippen LogP contribution in [0.4, 0.5) is 0 Å². The lowest BCUT2D eigenvalue weighted by Gasteiger charge is -2.31. The highest BCUT2D eigenvalue weighted by Crippen LogP contribution is 2.48. The molecule has 10 heteroatoms. The van der Waals surface area contributed by atoms with Crippen molar-refractivity contribution in [3.05, 3.63) is 48.2 Å². The van der Waals surface area contributed by atoms with Crippen molar-refractivity contribution in [2.75, 3.05) is 7.11 Å². The van der Waals surface area contributed by atoms with Crippen molar-refractivity contribution in [2.45, 2.75) is 83.2 Å². The molecule has 0 unspecified atom stereocenters. The fraction of sp³-hybridized carbons (Fsp3) is 0.533. The molecular formula is C30H35N5O5. The first-order chi connectivity index (χ1) is 19.4. The first-order valence-electron chi connectivity index (χ1n) is 14.2. The van der Waals surface area contributed by atoms with E-state index in [1.807, 2.05) is 11.0 Å². The standard InChI is InChI=1S/C30H35N5O5/c1-18(36)30-23-15-22(40-17-28-31-9-4-10-32-28)7-8-24(23)34(33-30)16-29(38)35-25-13-20(25)14-26(35)27(37)12-19-5-3-6-21(11-19)39-2/h4,7-10,15,19-21,25-26H,3,5-6,11-14,16-17H2,1-2H3/t19-,20-,21-,25-,26+/m1/s1. The van der Waals surface area contributed by atoms with Crippen LogP contribution < -0.4 is 4.74 Å². The quantitative estimate of drug-likeness (QED) is 0.354. The van der Waals surface area contributed by atoms with Gasteiger partial charge in [-0.05, 0) is 68.2 Å². The molecule has 10 nitrogen and oxygen atoms in total. The van der Waals surface area contributed by atoms with E-state index >= 15 is 0 Å². The number of benzene rings is 1. The number of aromatic nitrogens is 4. The largest absolute Gasteiger partial charge is 0.486 e. The Labute approximate surface area is 233 Å². The minimum Gasteiger partial charge on any atom is -0.486 e. The third kappa shape index (κ3) is 5.37. The molecule has 5 atom stereocenters. The number of likely N-dealkylation sites (tertiary alicyclic amines) is 1. The van der Waals surface area contributed by atoms with Crippen LogP contribution in [0.15, 0.2) is 36.7 Å². The molecule has 3 aromatic rings. The van der Waals surface area contributed by atoms with Crippen molar-refractivity contribution in [3.8, 4) is 5.75 Å². The molecule has 2 aliphatic carbocycles. The Morgan fingerprint density at radius 1 is 1.07 bits per heavy atom. The number of hydrogen-bond donors (Lipinski definition) is 0. The number of ketones is 2. The number of carbonyl (C=O) groups is 3. The minimum absolute atomic E-state index is 0.0238. The second-order valence-corrected chi connectivity index (χ2v) is 11.4. The Kier molecular flexibility index (Phi) is 7.35. The number of hydrogen-bond acceptors (Lipinski definition) is 8. The lowest BCUT2D eigenvalue weighted by molar-refractivity contribution is -0.140. The van der Waals surface area contributed by atoms with Gasteiger partial charge in [0.2, 0.25) is 5.91 Å². The first-order valence-corrected chi connectivity index (χ1v) is 14.2. The van der Waals surface area contributed by atoms with Gasteiger partial charge in [0, 0.05) is 44.3 Å². The summed E-state index contributed by atoms with van der Waals surface area (Å²) in [7, 11) is 1.74. The van der Waals surface area contributed by atoms with Gasteiger partial charge in [-0.2, -0.15) is 5.10 Å². The Hall–Kier alpha value is -3.66. The van der Waals surface area contributed by atoms with Crippen LogP contribution in [0.3, 0.4) is 0 Å². The molecule has 2 aromatic heterocycles. The van der Waals surface area contributed by atoms with E-state index in [9.17, 15) is 14.4 Å². The van der Waals surface area contributed by atoms with Crippen LogP contribution >= 0.6 is 0 Å². The summed E-state index contributed by atoms with van der Waals surface area (Å²) in [5.74, 6) is 1.68. The fourth-order valence-corrected chi connectivity index (χ4v) is 6.56. The molecule has 1 amide bonds. The zero-order valence-corrected chi connectivity index (χ0v) is 23.0. The number of fused-ring (bicyclic) bond motifs is 2. The van der Waals surface area contributed by atoms with E-state index in [1.54, 1.807) is 42.4 Å². The molecule has 6 rings (SSSR count). The lowest BCUT2D eigenvalue weighted by atomic mass is 9.82. The number of amides is 1. The molecule has 210 valence electrons. The summed E-state index contributed by atoms with van der Waals surface area (Å²) in [6, 6.07) is 6.86. The number of carbonyl (C=O) groups excluding carboxylic acids is 3. The number of piperidine rings is 1. The molecule has 3 fully saturated rings. The summed E-state index contributed by atoms with van der Waals surface area (Å²) in [5.41, 5.74) is 0.955. The maximum atomic E-state index is 13.7. The summed E-state index contributed by atoms with van der Waals surface area (Å²) in [6.45, 7) is 1.63. The average Bonchev–Trinajstić information content (AvgIpc) is 3.47. The second kappa shape index (κ2) is 11.1. The molecule has 40 heavy (non-hydrogen) atoms. The predicted octanol–water partition coefficient (Wildman–Crippen LogP) is 3.76. The van der Waals surface area contributed by atoms with Crippen molar-refractivity contribution in [2.24, 2.45) is 11.8 Å². The van der Waals surface area contributed by atoms with Crippen molar-refractivity contribution >= 4 is 28.4 Å². The summed E-state index contributed by atoms with van der Waals surface area (Å²) >= 11 is 0. The Balaban J connectivity index is 1.17. The highest BCUT2D eigenvalue weighted by Gasteiger charge is 2.55. The number of methoxy groups -OCH3 is 1. The molecule has 1 saturated heterocycles. The lowest BCUT2D eigenvalue weighted by Crippen LogP contribution is -2.45. The van der Waals surface area contributed by atoms with Gasteiger partial charge < -0.3 is 14.4 Å². The molecule has 1 aromatic carbocycles. The predicted molar refractivity (Wildman–Crippen MR) is 146 cm³/mol. The molecular weight excluding hydrogens is 510 g/mol. The van der Waals surface area contributed by atoms with Crippen molar-refractivity contribution in [1.82, 2.24) is 24.6 Å². The monoisotopic (exact) mass is 545 g/mol. The molecule has 3 aliphatic rings. The topological polar surface area (TPSA) is 117 Å². The van der Waals surface area contributed by atoms with E-state index in [0.717, 1.165) is 38.5 Å². The van der Waals surface area contributed by atoms with Gasteiger partial charge in [0.1, 0.15) is 24.6 Å². The molecule has 2 saturated carbocycles. The number of ether oxygens (including phenoxy) is 2. The van der Waals surface area contributed by atoms with Crippen LogP contribution in [-0.4, -0.2) is 67.4 Å². The van der Waals surface area contributed by atoms with Crippen LogP contribution in [0.25, 0.3) is 10.9 Å². The first kappa shape index (κ1) is 26.6. The summed E-state index contributed by atoms with van der Waals surface area (Å²) in [6.07, 6.45) is 9.81. The Morgan fingerprint density at radius 2 is 1.90 bits per heavy atom. The fourth-order valence-electron chi connectivity index (χ4n) is 6.56. The highest BCUT2D eigenvalue weighted by molar-refractivity contribution is 6.05. The van der Waals surface area contributed by atoms with Crippen LogP contribution in [0.2, 0.25) is 0 Å². The summed E-state index contributed by atoms with van der Waals surface area (Å²) in [4.78, 5) is 49.7. The molecule has 0 N–H and O–H groups in total. The Bertz CT molecular complexity index is 1420. The van der Waals surface area contributed by atoms with Crippen LogP contribution in [0.1, 0.15) is 68.2 Å². The Morgan fingerprint density at radius 3 is 2.67 bits per heavy atom. The molecule has 0 radical (unpaired) electrons.